The monoisotopic (exact) mass is 445 g/mol. The van der Waals surface area contributed by atoms with Crippen LogP contribution >= 0.6 is 11.6 Å². The molecule has 0 spiro atoms. The van der Waals surface area contributed by atoms with Gasteiger partial charge in [0.25, 0.3) is 0 Å². The zero-order valence-corrected chi connectivity index (χ0v) is 19.0. The lowest BCUT2D eigenvalue weighted by Gasteiger charge is -2.36. The van der Waals surface area contributed by atoms with Crippen molar-refractivity contribution in [3.05, 3.63) is 41.8 Å². The zero-order chi connectivity index (χ0) is 21.9. The van der Waals surface area contributed by atoms with E-state index in [1.54, 1.807) is 24.4 Å². The minimum Gasteiger partial charge on any atom is -0.417 e. The number of pyridine rings is 2. The normalized spacial score (nSPS) is 14.0. The van der Waals surface area contributed by atoms with Crippen molar-refractivity contribution in [3.8, 4) is 11.3 Å². The molecule has 2 aromatic rings. The summed E-state index contributed by atoms with van der Waals surface area (Å²) in [5, 5.41) is 2.63. The van der Waals surface area contributed by atoms with Gasteiger partial charge in [0.1, 0.15) is 11.2 Å². The van der Waals surface area contributed by atoms with Gasteiger partial charge in [0.05, 0.1) is 5.69 Å². The van der Waals surface area contributed by atoms with Crippen LogP contribution in [0.2, 0.25) is 23.3 Å². The summed E-state index contributed by atoms with van der Waals surface area (Å²) in [4.78, 5) is 8.20. The van der Waals surface area contributed by atoms with Crippen molar-refractivity contribution < 1.29 is 17.6 Å². The van der Waals surface area contributed by atoms with Crippen LogP contribution in [0.1, 0.15) is 27.2 Å². The second-order valence-electron chi connectivity index (χ2n) is 8.40. The van der Waals surface area contributed by atoms with E-state index < -0.39 is 20.5 Å². The fourth-order valence-electron chi connectivity index (χ4n) is 2.43. The van der Waals surface area contributed by atoms with E-state index in [2.05, 4.69) is 36.1 Å². The van der Waals surface area contributed by atoms with E-state index in [0.29, 0.717) is 11.3 Å². The number of anilines is 1. The highest BCUT2D eigenvalue weighted by Gasteiger charge is 2.41. The molecular weight excluding hydrogens is 419 g/mol. The summed E-state index contributed by atoms with van der Waals surface area (Å²) in [6, 6.07) is 4.80. The molecule has 0 amide bonds. The Morgan fingerprint density at radius 3 is 2.41 bits per heavy atom. The molecule has 2 aromatic heterocycles. The van der Waals surface area contributed by atoms with Crippen molar-refractivity contribution in [1.82, 2.24) is 9.97 Å². The molecule has 4 nitrogen and oxygen atoms in total. The molecule has 0 aliphatic carbocycles. The molecule has 160 valence electrons. The fourth-order valence-corrected chi connectivity index (χ4v) is 3.65. The molecule has 1 N–H and O–H groups in total. The molecule has 0 aliphatic heterocycles. The van der Waals surface area contributed by atoms with Crippen LogP contribution in [0.25, 0.3) is 11.3 Å². The van der Waals surface area contributed by atoms with Gasteiger partial charge in [-0.15, -0.1) is 0 Å². The lowest BCUT2D eigenvalue weighted by molar-refractivity contribution is -0.145. The topological polar surface area (TPSA) is 47.0 Å². The van der Waals surface area contributed by atoms with Gasteiger partial charge in [0.2, 0.25) is 0 Å². The third kappa shape index (κ3) is 6.42. The Morgan fingerprint density at radius 1 is 1.17 bits per heavy atom. The Hall–Kier alpha value is -1.64. The first-order valence-corrected chi connectivity index (χ1v) is 12.6. The number of nitrogens with one attached hydrogen (secondary N) is 1. The number of aromatic nitrogens is 2. The first-order valence-electron chi connectivity index (χ1n) is 9.35. The van der Waals surface area contributed by atoms with Gasteiger partial charge in [-0.05, 0) is 42.8 Å². The second-order valence-corrected chi connectivity index (χ2v) is 13.6. The van der Waals surface area contributed by atoms with E-state index in [1.165, 1.54) is 12.3 Å². The number of halogens is 4. The summed E-state index contributed by atoms with van der Waals surface area (Å²) < 4.78 is 47.1. The molecule has 0 radical (unpaired) electrons. The molecular formula is C20H27ClF3N3OSi. The third-order valence-corrected chi connectivity index (χ3v) is 9.96. The van der Waals surface area contributed by atoms with E-state index >= 15 is 0 Å². The van der Waals surface area contributed by atoms with Crippen LogP contribution in [0.3, 0.4) is 0 Å². The third-order valence-electron chi connectivity index (χ3n) is 5.21. The van der Waals surface area contributed by atoms with Gasteiger partial charge in [0, 0.05) is 30.3 Å². The average Bonchev–Trinajstić information content (AvgIpc) is 2.60. The summed E-state index contributed by atoms with van der Waals surface area (Å²) in [6.07, 6.45) is -1.67. The van der Waals surface area contributed by atoms with E-state index in [9.17, 15) is 13.2 Å². The second kappa shape index (κ2) is 9.02. The van der Waals surface area contributed by atoms with Gasteiger partial charge in [-0.1, -0.05) is 38.4 Å². The van der Waals surface area contributed by atoms with Gasteiger partial charge in [-0.3, -0.25) is 4.98 Å². The molecule has 0 fully saturated rings. The largest absolute Gasteiger partial charge is 0.417 e. The minimum atomic E-state index is -4.45. The fraction of sp³-hybridized carbons (Fsp3) is 0.500. The molecule has 2 heterocycles. The van der Waals surface area contributed by atoms with Crippen LogP contribution in [0.4, 0.5) is 18.9 Å². The van der Waals surface area contributed by atoms with Crippen molar-refractivity contribution in [2.45, 2.75) is 57.5 Å². The van der Waals surface area contributed by atoms with Crippen LogP contribution in [-0.4, -0.2) is 37.1 Å². The molecule has 2 rings (SSSR count). The average molecular weight is 446 g/mol. The van der Waals surface area contributed by atoms with Crippen molar-refractivity contribution in [1.29, 1.82) is 0 Å². The first kappa shape index (κ1) is 23.6. The number of rotatable bonds is 7. The number of nitrogens with zero attached hydrogens (tertiary/aromatic N) is 2. The maximum Gasteiger partial charge on any atom is 0.408 e. The number of alkyl halides is 3. The van der Waals surface area contributed by atoms with Crippen molar-refractivity contribution >= 4 is 25.6 Å². The summed E-state index contributed by atoms with van der Waals surface area (Å²) in [6.45, 7) is 10.2. The van der Waals surface area contributed by atoms with Crippen LogP contribution in [0.5, 0.6) is 0 Å². The SMILES string of the molecule is CC(C)(C)[Si](C)(C)OCCC(Nc1cc(Cl)ncc1-c1ccccn1)C(F)(F)F. The Kier molecular flexibility index (Phi) is 7.35. The van der Waals surface area contributed by atoms with Crippen LogP contribution in [0.15, 0.2) is 36.7 Å². The number of hydrogen-bond acceptors (Lipinski definition) is 4. The van der Waals surface area contributed by atoms with Crippen molar-refractivity contribution in [2.75, 3.05) is 11.9 Å². The van der Waals surface area contributed by atoms with Gasteiger partial charge < -0.3 is 9.74 Å². The molecule has 1 atom stereocenters. The first-order chi connectivity index (χ1) is 13.3. The smallest absolute Gasteiger partial charge is 0.408 e. The van der Waals surface area contributed by atoms with Gasteiger partial charge in [-0.25, -0.2) is 4.98 Å². The Balaban J connectivity index is 2.23. The molecule has 1 unspecified atom stereocenters. The van der Waals surface area contributed by atoms with Gasteiger partial charge in [-0.2, -0.15) is 13.2 Å². The van der Waals surface area contributed by atoms with E-state index in [0.717, 1.165) is 0 Å². The van der Waals surface area contributed by atoms with E-state index in [1.807, 2.05) is 13.1 Å². The molecule has 0 saturated heterocycles. The van der Waals surface area contributed by atoms with Crippen LogP contribution in [-0.2, 0) is 4.43 Å². The maximum absolute atomic E-state index is 13.7. The van der Waals surface area contributed by atoms with Gasteiger partial charge >= 0.3 is 6.18 Å². The molecule has 0 saturated carbocycles. The summed E-state index contributed by atoms with van der Waals surface area (Å²) in [7, 11) is -2.13. The van der Waals surface area contributed by atoms with E-state index in [4.69, 9.17) is 16.0 Å². The van der Waals surface area contributed by atoms with Crippen molar-refractivity contribution in [2.24, 2.45) is 0 Å². The number of hydrogen-bond donors (Lipinski definition) is 1. The molecule has 9 heteroatoms. The van der Waals surface area contributed by atoms with Crippen LogP contribution in [0, 0.1) is 0 Å². The lowest BCUT2D eigenvalue weighted by Crippen LogP contribution is -2.43. The highest BCUT2D eigenvalue weighted by Crippen LogP contribution is 2.37. The molecule has 0 bridgehead atoms. The predicted molar refractivity (Wildman–Crippen MR) is 114 cm³/mol. The Morgan fingerprint density at radius 2 is 1.86 bits per heavy atom. The summed E-state index contributed by atoms with van der Waals surface area (Å²) in [5.41, 5.74) is 1.20. The molecule has 0 aromatic carbocycles. The quantitative estimate of drug-likeness (QED) is 0.387. The highest BCUT2D eigenvalue weighted by molar-refractivity contribution is 6.74. The summed E-state index contributed by atoms with van der Waals surface area (Å²) >= 11 is 5.94. The molecule has 0 aliphatic rings. The highest BCUT2D eigenvalue weighted by atomic mass is 35.5. The van der Waals surface area contributed by atoms with Crippen molar-refractivity contribution in [3.63, 3.8) is 0 Å². The molecule has 29 heavy (non-hydrogen) atoms. The van der Waals surface area contributed by atoms with Gasteiger partial charge in [0.15, 0.2) is 8.32 Å². The summed E-state index contributed by atoms with van der Waals surface area (Å²) in [5.74, 6) is 0. The maximum atomic E-state index is 13.7. The van der Waals surface area contributed by atoms with Crippen LogP contribution < -0.4 is 5.32 Å². The Bertz CT molecular complexity index is 811. The minimum absolute atomic E-state index is 0.0193. The van der Waals surface area contributed by atoms with E-state index in [-0.39, 0.29) is 28.9 Å². The zero-order valence-electron chi connectivity index (χ0n) is 17.3. The standard InChI is InChI=1S/C20H27ClF3N3OSi/c1-19(2,3)29(4,5)28-11-9-17(20(22,23)24)27-16-12-18(21)26-13-14(16)15-8-6-7-10-25-15/h6-8,10,12-13,17H,9,11H2,1-5H3,(H,26,27). The lowest BCUT2D eigenvalue weighted by atomic mass is 10.1. The predicted octanol–water partition coefficient (Wildman–Crippen LogP) is 6.55. The Labute approximate surface area is 176 Å².